The number of benzene rings is 6. The molecule has 3 aliphatic rings. The minimum absolute atomic E-state index is 0.00463. The van der Waals surface area contributed by atoms with Crippen molar-refractivity contribution in [2.24, 2.45) is 0 Å². The van der Waals surface area contributed by atoms with Crippen molar-refractivity contribution in [3.8, 4) is 51.6 Å². The van der Waals surface area contributed by atoms with Crippen LogP contribution in [0.25, 0.3) is 50.2 Å². The lowest BCUT2D eigenvalue weighted by Crippen LogP contribution is -2.42. The number of hydrogen-bond acceptors (Lipinski definition) is 19. The van der Waals surface area contributed by atoms with Gasteiger partial charge in [-0.1, -0.05) is 61.2 Å². The summed E-state index contributed by atoms with van der Waals surface area (Å²) in [4.78, 5) is 54.6. The summed E-state index contributed by atoms with van der Waals surface area (Å²) in [5, 5.41) is 18.2. The van der Waals surface area contributed by atoms with Gasteiger partial charge in [-0.25, -0.2) is 48.7 Å². The predicted molar refractivity (Wildman–Crippen MR) is 376 cm³/mol. The molecule has 12 aromatic rings. The molecule has 6 aromatic heterocycles. The zero-order valence-electron chi connectivity index (χ0n) is 54.8. The van der Waals surface area contributed by atoms with Crippen molar-refractivity contribution in [1.29, 1.82) is 0 Å². The number of amides is 2. The molecule has 0 radical (unpaired) electrons. The van der Waals surface area contributed by atoms with E-state index in [4.69, 9.17) is 51.4 Å². The van der Waals surface area contributed by atoms with Gasteiger partial charge in [0.05, 0.1) is 34.1 Å². The van der Waals surface area contributed by atoms with Gasteiger partial charge in [-0.05, 0) is 181 Å². The number of para-hydroxylation sites is 3. The fourth-order valence-corrected chi connectivity index (χ4v) is 12.5. The average Bonchev–Trinajstić information content (AvgIpc) is 1.62. The number of nitrogens with two attached hydrogens (primary N) is 3. The normalized spacial score (nSPS) is 16.3. The summed E-state index contributed by atoms with van der Waals surface area (Å²) in [6.45, 7) is 13.6. The molecule has 0 saturated carbocycles. The number of carbonyl (C=O) groups is 2. The Bertz CT molecular complexity index is 4730. The molecule has 15 rings (SSSR count). The van der Waals surface area contributed by atoms with Gasteiger partial charge in [-0.3, -0.25) is 4.79 Å². The molecular weight excluding hydrogens is 1240 g/mol. The average molecular weight is 1310 g/mol. The van der Waals surface area contributed by atoms with Crippen LogP contribution in [-0.4, -0.2) is 126 Å². The molecule has 3 saturated heterocycles. The molecule has 7 N–H and O–H groups in total. The smallest absolute Gasteiger partial charge is 0.410 e. The number of fused-ring (bicyclic) bond motifs is 3. The second-order valence-corrected chi connectivity index (χ2v) is 25.1. The fraction of sp³-hybridized carbons (Fsp3) is 0.257. The summed E-state index contributed by atoms with van der Waals surface area (Å²) in [7, 11) is 0. The molecule has 0 aliphatic carbocycles. The molecule has 24 heteroatoms. The lowest BCUT2D eigenvalue weighted by Gasteiger charge is -2.33. The number of nitrogens with zero attached hydrogens (tertiary/aromatic N) is 14. The van der Waals surface area contributed by atoms with Gasteiger partial charge in [-0.2, -0.15) is 15.3 Å². The molecule has 98 heavy (non-hydrogen) atoms. The van der Waals surface area contributed by atoms with Gasteiger partial charge in [0.15, 0.2) is 17.5 Å². The summed E-state index contributed by atoms with van der Waals surface area (Å²) in [5.74, 6) is 5.99. The minimum atomic E-state index is -0.545. The fourth-order valence-electron chi connectivity index (χ4n) is 12.5. The van der Waals surface area contributed by atoms with Gasteiger partial charge in [0.25, 0.3) is 0 Å². The number of piperidine rings is 3. The van der Waals surface area contributed by atoms with Crippen molar-refractivity contribution < 1.29 is 28.5 Å². The molecule has 3 fully saturated rings. The number of aromatic nitrogens is 12. The lowest BCUT2D eigenvalue weighted by molar-refractivity contribution is -0.127. The van der Waals surface area contributed by atoms with E-state index in [2.05, 4.69) is 41.8 Å². The largest absolute Gasteiger partial charge is 0.457 e. The number of hydrogen-bond donors (Lipinski definition) is 4. The van der Waals surface area contributed by atoms with Crippen LogP contribution in [0.3, 0.4) is 0 Å². The quantitative estimate of drug-likeness (QED) is 0.0780. The lowest BCUT2D eigenvalue weighted by atomic mass is 9.94. The Morgan fingerprint density at radius 2 is 0.816 bits per heavy atom. The molecule has 498 valence electrons. The zero-order valence-corrected chi connectivity index (χ0v) is 54.8. The Labute approximate surface area is 566 Å². The first kappa shape index (κ1) is 64.9. The Morgan fingerprint density at radius 3 is 1.17 bits per heavy atom. The summed E-state index contributed by atoms with van der Waals surface area (Å²) in [6.07, 6.45) is 11.3. The molecule has 9 heterocycles. The van der Waals surface area contributed by atoms with E-state index < -0.39 is 5.60 Å². The number of ether oxygens (including phenoxy) is 4. The third kappa shape index (κ3) is 14.7. The van der Waals surface area contributed by atoms with Crippen molar-refractivity contribution >= 4 is 62.6 Å². The van der Waals surface area contributed by atoms with Crippen LogP contribution in [0.4, 0.5) is 22.2 Å². The molecular formula is C74H76N18O6. The van der Waals surface area contributed by atoms with Gasteiger partial charge < -0.3 is 51.3 Å². The number of carbonyl (C=O) groups excluding carboxylic acids is 2. The Balaban J connectivity index is 0.000000133. The molecule has 2 amide bonds. The predicted octanol–water partition coefficient (Wildman–Crippen LogP) is 13.0. The van der Waals surface area contributed by atoms with Crippen LogP contribution >= 0.6 is 0 Å². The van der Waals surface area contributed by atoms with Crippen LogP contribution in [0.2, 0.25) is 0 Å². The van der Waals surface area contributed by atoms with Crippen LogP contribution in [0.5, 0.6) is 34.5 Å². The SMILES string of the molecule is C=CC(=O)N1CCCC(c2nn(-c3ccc(Oc4ccccc4)cc3)c3c(N)ncnc23)C1.CC(C)(C)OC(=O)N1CCCC(c2nn(-c3ccc(Oc4ccccc4)cc3)c3c(N)ncnc23)C1.Nc1ncnc2c(C3CCCNC3)nn(-c3ccc(Oc4ccccc4)cc3)c12. The van der Waals surface area contributed by atoms with Gasteiger partial charge in [0, 0.05) is 50.5 Å². The second-order valence-electron chi connectivity index (χ2n) is 25.1. The van der Waals surface area contributed by atoms with E-state index in [9.17, 15) is 9.59 Å². The minimum Gasteiger partial charge on any atom is -0.457 e. The van der Waals surface area contributed by atoms with E-state index in [1.165, 1.54) is 25.1 Å². The maximum Gasteiger partial charge on any atom is 0.410 e. The van der Waals surface area contributed by atoms with Crippen molar-refractivity contribution in [2.75, 3.05) is 56.5 Å². The van der Waals surface area contributed by atoms with Gasteiger partial charge in [-0.15, -0.1) is 0 Å². The number of likely N-dealkylation sites (tertiary alicyclic amines) is 2. The van der Waals surface area contributed by atoms with E-state index in [1.807, 2.05) is 194 Å². The highest BCUT2D eigenvalue weighted by Crippen LogP contribution is 2.38. The van der Waals surface area contributed by atoms with Gasteiger partial charge in [0.1, 0.15) is 92.2 Å². The topological polar surface area (TPSA) is 298 Å². The molecule has 6 aromatic carbocycles. The van der Waals surface area contributed by atoms with E-state index >= 15 is 0 Å². The summed E-state index contributed by atoms with van der Waals surface area (Å²) in [5.41, 5.74) is 27.7. The van der Waals surface area contributed by atoms with Crippen LogP contribution in [0, 0.1) is 0 Å². The second kappa shape index (κ2) is 29.1. The van der Waals surface area contributed by atoms with E-state index in [0.29, 0.717) is 70.8 Å². The molecule has 3 atom stereocenters. The van der Waals surface area contributed by atoms with E-state index in [0.717, 1.165) is 132 Å². The van der Waals surface area contributed by atoms with E-state index in [1.54, 1.807) is 14.3 Å². The summed E-state index contributed by atoms with van der Waals surface area (Å²) in [6, 6.07) is 52.0. The number of nitrogens with one attached hydrogen (secondary N) is 1. The standard InChI is InChI=1S/C27H30N6O3.C25H24N6O2.C22H22N6O/c1-27(2,3)36-26(34)32-15-7-8-18(16-32)22-23-24(25(28)30-17-29-23)33(31-22)19-11-13-21(14-12-19)35-20-9-5-4-6-10-20;1-2-21(32)30-14-6-7-17(15-30)22-23-24(25(26)28-16-27-23)31(29-22)18-10-12-20(13-11-18)33-19-8-4-3-5-9-19;23-22-21-20(25-14-26-22)19(15-5-4-12-24-13-15)27-28(21)16-8-10-18(11-9-16)29-17-6-2-1-3-7-17/h4-6,9-14,17-18H,7-8,15-16H2,1-3H3,(H2,28,29,30);2-5,8-13,16-17H,1,6-7,14-15H2,(H2,26,27,28);1-3,6-11,14-15,24H,4-5,12-13H2,(H2,23,25,26). The Morgan fingerprint density at radius 1 is 0.469 bits per heavy atom. The number of anilines is 3. The first-order chi connectivity index (χ1) is 47.7. The van der Waals surface area contributed by atoms with Crippen molar-refractivity contribution in [1.82, 2.24) is 74.4 Å². The van der Waals surface area contributed by atoms with Crippen LogP contribution in [-0.2, 0) is 9.53 Å². The van der Waals surface area contributed by atoms with Crippen LogP contribution in [0.15, 0.2) is 195 Å². The summed E-state index contributed by atoms with van der Waals surface area (Å²) < 4.78 is 28.7. The summed E-state index contributed by atoms with van der Waals surface area (Å²) >= 11 is 0. The molecule has 24 nitrogen and oxygen atoms in total. The number of rotatable bonds is 13. The first-order valence-corrected chi connectivity index (χ1v) is 32.8. The number of nitrogen functional groups attached to an aromatic ring is 3. The van der Waals surface area contributed by atoms with Crippen LogP contribution < -0.4 is 36.7 Å². The molecule has 0 spiro atoms. The van der Waals surface area contributed by atoms with Gasteiger partial charge in [0.2, 0.25) is 5.91 Å². The highest BCUT2D eigenvalue weighted by Gasteiger charge is 2.33. The maximum absolute atomic E-state index is 12.7. The van der Waals surface area contributed by atoms with Crippen molar-refractivity contribution in [2.45, 2.75) is 82.7 Å². The Kier molecular flexibility index (Phi) is 19.2. The molecule has 0 bridgehead atoms. The molecule has 3 unspecified atom stereocenters. The third-order valence-electron chi connectivity index (χ3n) is 17.2. The highest BCUT2D eigenvalue weighted by molar-refractivity contribution is 5.91. The van der Waals surface area contributed by atoms with E-state index in [-0.39, 0.29) is 23.8 Å². The first-order valence-electron chi connectivity index (χ1n) is 32.8. The van der Waals surface area contributed by atoms with Crippen molar-refractivity contribution in [3.05, 3.63) is 213 Å². The monoisotopic (exact) mass is 1310 g/mol. The Hall–Kier alpha value is -11.8. The van der Waals surface area contributed by atoms with Crippen LogP contribution in [0.1, 0.15) is 94.1 Å². The zero-order chi connectivity index (χ0) is 67.7. The highest BCUT2D eigenvalue weighted by atomic mass is 16.6. The molecule has 3 aliphatic heterocycles. The maximum atomic E-state index is 12.7. The van der Waals surface area contributed by atoms with Gasteiger partial charge >= 0.3 is 6.09 Å². The third-order valence-corrected chi connectivity index (χ3v) is 17.2. The van der Waals surface area contributed by atoms with Crippen molar-refractivity contribution in [3.63, 3.8) is 0 Å².